The number of phenols is 1. The first kappa shape index (κ1) is 12.2. The third kappa shape index (κ3) is 2.88. The Morgan fingerprint density at radius 3 is 2.38 bits per heavy atom. The van der Waals surface area contributed by atoms with Crippen molar-refractivity contribution in [3.05, 3.63) is 36.4 Å². The minimum absolute atomic E-state index is 0. The molecule has 0 heterocycles. The van der Waals surface area contributed by atoms with Gasteiger partial charge in [-0.2, -0.15) is 0 Å². The zero-order valence-corrected chi connectivity index (χ0v) is 9.28. The first-order valence-electron chi connectivity index (χ1n) is 3.31. The minimum atomic E-state index is -1.38. The second kappa shape index (κ2) is 5.07. The van der Waals surface area contributed by atoms with Crippen LogP contribution in [0.5, 0.6) is 5.75 Å². The summed E-state index contributed by atoms with van der Waals surface area (Å²) in [6.07, 6.45) is 0. The Morgan fingerprint density at radius 1 is 1.38 bits per heavy atom. The molecule has 13 heavy (non-hydrogen) atoms. The number of benzene rings is 1. The molecule has 0 unspecified atom stereocenters. The van der Waals surface area contributed by atoms with Crippen molar-refractivity contribution in [3.63, 3.8) is 0 Å². The molecule has 0 spiro atoms. The van der Waals surface area contributed by atoms with Gasteiger partial charge in [0.05, 0.1) is 5.97 Å². The topological polar surface area (TPSA) is 60.4 Å². The van der Waals surface area contributed by atoms with E-state index in [0.29, 0.717) is 0 Å². The van der Waals surface area contributed by atoms with Crippen LogP contribution in [0.25, 0.3) is 5.57 Å². The van der Waals surface area contributed by atoms with Crippen molar-refractivity contribution in [2.45, 2.75) is 0 Å². The van der Waals surface area contributed by atoms with Crippen molar-refractivity contribution in [2.75, 3.05) is 0 Å². The summed E-state index contributed by atoms with van der Waals surface area (Å²) in [5.41, 5.74) is -0.0226. The molecular weight excluding hydrogens is 179 g/mol. The van der Waals surface area contributed by atoms with Gasteiger partial charge < -0.3 is 15.0 Å². The van der Waals surface area contributed by atoms with Crippen LogP contribution >= 0.6 is 0 Å². The number of aliphatic carboxylic acids is 1. The fourth-order valence-electron chi connectivity index (χ4n) is 0.839. The summed E-state index contributed by atoms with van der Waals surface area (Å²) in [5.74, 6) is -1.48. The molecule has 0 bridgehead atoms. The van der Waals surface area contributed by atoms with Gasteiger partial charge in [0.25, 0.3) is 0 Å². The van der Waals surface area contributed by atoms with Crippen LogP contribution in [0, 0.1) is 0 Å². The van der Waals surface area contributed by atoms with Crippen LogP contribution in [-0.4, -0.2) is 11.1 Å². The number of para-hydroxylation sites is 1. The van der Waals surface area contributed by atoms with Crippen molar-refractivity contribution >= 4 is 11.5 Å². The number of aromatic hydroxyl groups is 1. The van der Waals surface area contributed by atoms with Gasteiger partial charge in [-0.15, -0.1) is 0 Å². The molecule has 1 rings (SSSR count). The molecule has 0 aliphatic heterocycles. The Morgan fingerprint density at radius 2 is 1.92 bits per heavy atom. The summed E-state index contributed by atoms with van der Waals surface area (Å²) in [6.45, 7) is 3.26. The number of hydrogen-bond acceptors (Lipinski definition) is 3. The van der Waals surface area contributed by atoms with Gasteiger partial charge >= 0.3 is 29.6 Å². The summed E-state index contributed by atoms with van der Waals surface area (Å²) >= 11 is 0. The Labute approximate surface area is 98.0 Å². The van der Waals surface area contributed by atoms with E-state index in [1.54, 1.807) is 12.1 Å². The summed E-state index contributed by atoms with van der Waals surface area (Å²) in [5, 5.41) is 19.5. The van der Waals surface area contributed by atoms with Gasteiger partial charge in [0, 0.05) is 11.1 Å². The van der Waals surface area contributed by atoms with Crippen molar-refractivity contribution in [1.29, 1.82) is 0 Å². The Hall–Kier alpha value is -0.770. The molecule has 0 saturated carbocycles. The van der Waals surface area contributed by atoms with Crippen molar-refractivity contribution in [1.82, 2.24) is 0 Å². The smallest absolute Gasteiger partial charge is 0.545 e. The maximum Gasteiger partial charge on any atom is 1.00 e. The molecule has 3 nitrogen and oxygen atoms in total. The Balaban J connectivity index is 0.00000144. The van der Waals surface area contributed by atoms with Crippen LogP contribution in [0.3, 0.4) is 0 Å². The molecule has 0 radical (unpaired) electrons. The number of rotatable bonds is 2. The summed E-state index contributed by atoms with van der Waals surface area (Å²) in [7, 11) is 0. The SMILES string of the molecule is C=C(C(=O)[O-])c1ccccc1O.[Na+]. The first-order chi connectivity index (χ1) is 5.63. The summed E-state index contributed by atoms with van der Waals surface area (Å²) < 4.78 is 0. The third-order valence-corrected chi connectivity index (χ3v) is 1.48. The van der Waals surface area contributed by atoms with E-state index < -0.39 is 5.97 Å². The van der Waals surface area contributed by atoms with E-state index in [0.717, 1.165) is 0 Å². The number of phenolic OH excluding ortho intramolecular Hbond substituents is 1. The number of carbonyl (C=O) groups is 1. The van der Waals surface area contributed by atoms with Crippen LogP contribution in [0.4, 0.5) is 0 Å². The maximum absolute atomic E-state index is 10.3. The number of carboxylic acid groups (broad SMARTS) is 1. The molecule has 0 atom stereocenters. The average molecular weight is 186 g/mol. The van der Waals surface area contributed by atoms with Crippen molar-refractivity contribution < 1.29 is 44.6 Å². The molecular formula is C9H7NaO3. The molecule has 62 valence electrons. The zero-order chi connectivity index (χ0) is 9.14. The van der Waals surface area contributed by atoms with Crippen LogP contribution < -0.4 is 34.7 Å². The van der Waals surface area contributed by atoms with E-state index in [9.17, 15) is 15.0 Å². The second-order valence-electron chi connectivity index (χ2n) is 2.28. The molecule has 1 aromatic rings. The van der Waals surface area contributed by atoms with Crippen LogP contribution in [0.15, 0.2) is 30.8 Å². The molecule has 0 aliphatic carbocycles. The van der Waals surface area contributed by atoms with E-state index in [-0.39, 0.29) is 46.4 Å². The summed E-state index contributed by atoms with van der Waals surface area (Å²) in [4.78, 5) is 10.3. The Bertz CT molecular complexity index is 333. The van der Waals surface area contributed by atoms with Crippen molar-refractivity contribution in [3.8, 4) is 5.75 Å². The quantitative estimate of drug-likeness (QED) is 0.400. The van der Waals surface area contributed by atoms with Crippen LogP contribution in [-0.2, 0) is 4.79 Å². The molecule has 0 aromatic heterocycles. The zero-order valence-electron chi connectivity index (χ0n) is 7.28. The van der Waals surface area contributed by atoms with Gasteiger partial charge in [0.1, 0.15) is 5.75 Å². The predicted octanol–water partition coefficient (Wildman–Crippen LogP) is -2.84. The predicted molar refractivity (Wildman–Crippen MR) is 42.1 cm³/mol. The second-order valence-corrected chi connectivity index (χ2v) is 2.28. The maximum atomic E-state index is 10.3. The number of hydrogen-bond donors (Lipinski definition) is 1. The molecule has 0 amide bonds. The van der Waals surface area contributed by atoms with Crippen LogP contribution in [0.1, 0.15) is 5.56 Å². The average Bonchev–Trinajstić information content (AvgIpc) is 2.04. The standard InChI is InChI=1S/C9H8O3.Na/c1-6(9(11)12)7-4-2-3-5-8(7)10;/h2-5,10H,1H2,(H,11,12);/q;+1/p-1. The monoisotopic (exact) mass is 186 g/mol. The molecule has 0 fully saturated rings. The fourth-order valence-corrected chi connectivity index (χ4v) is 0.839. The molecule has 0 saturated heterocycles. The van der Waals surface area contributed by atoms with E-state index in [4.69, 9.17) is 0 Å². The first-order valence-corrected chi connectivity index (χ1v) is 3.31. The molecule has 1 aromatic carbocycles. The van der Waals surface area contributed by atoms with E-state index in [1.165, 1.54) is 12.1 Å². The molecule has 4 heteroatoms. The van der Waals surface area contributed by atoms with Gasteiger partial charge in [-0.25, -0.2) is 0 Å². The summed E-state index contributed by atoms with van der Waals surface area (Å²) in [6, 6.07) is 6.07. The number of carboxylic acids is 1. The van der Waals surface area contributed by atoms with E-state index >= 15 is 0 Å². The Kier molecular flexibility index (Phi) is 4.77. The molecule has 0 aliphatic rings. The van der Waals surface area contributed by atoms with E-state index in [2.05, 4.69) is 6.58 Å². The van der Waals surface area contributed by atoms with Gasteiger partial charge in [-0.05, 0) is 6.07 Å². The van der Waals surface area contributed by atoms with Gasteiger partial charge in [0.15, 0.2) is 0 Å². The largest absolute Gasteiger partial charge is 1.00 e. The van der Waals surface area contributed by atoms with Crippen molar-refractivity contribution in [2.24, 2.45) is 0 Å². The van der Waals surface area contributed by atoms with Gasteiger partial charge in [0.2, 0.25) is 0 Å². The van der Waals surface area contributed by atoms with E-state index in [1.807, 2.05) is 0 Å². The van der Waals surface area contributed by atoms with Crippen LogP contribution in [0.2, 0.25) is 0 Å². The minimum Gasteiger partial charge on any atom is -0.545 e. The fraction of sp³-hybridized carbons (Fsp3) is 0. The number of carbonyl (C=O) groups excluding carboxylic acids is 1. The molecule has 1 N–H and O–H groups in total. The normalized spacial score (nSPS) is 8.62. The third-order valence-electron chi connectivity index (χ3n) is 1.48. The van der Waals surface area contributed by atoms with Gasteiger partial charge in [-0.3, -0.25) is 0 Å². The van der Waals surface area contributed by atoms with Gasteiger partial charge in [-0.1, -0.05) is 24.8 Å².